The lowest BCUT2D eigenvalue weighted by Crippen LogP contribution is -2.68. The summed E-state index contributed by atoms with van der Waals surface area (Å²) in [6.07, 6.45) is -15.7. The number of amides is 12. The van der Waals surface area contributed by atoms with Gasteiger partial charge in [-0.05, 0) is 165 Å². The molecule has 14 atom stereocenters. The van der Waals surface area contributed by atoms with Crippen LogP contribution in [0.4, 0.5) is 39.5 Å². The molecular formula is C81H125F9N12O14. The van der Waals surface area contributed by atoms with E-state index in [4.69, 9.17) is 9.47 Å². The number of carbonyl (C=O) groups is 12. The second-order valence-electron chi connectivity index (χ2n) is 34.6. The molecule has 656 valence electrons. The van der Waals surface area contributed by atoms with Crippen LogP contribution in [0.1, 0.15) is 207 Å². The minimum absolute atomic E-state index is 0.00386. The quantitative estimate of drug-likeness (QED) is 0.141. The molecular weight excluding hydrogens is 1540 g/mol. The number of alkyl halides is 9. The molecule has 35 heteroatoms. The lowest BCUT2D eigenvalue weighted by molar-refractivity contribution is -0.219. The Labute approximate surface area is 675 Å². The minimum Gasteiger partial charge on any atom is -0.378 e. The number of fused-ring (bicyclic) bond motifs is 3. The number of nitrogens with zero attached hydrogens (tertiary/aromatic N) is 9. The van der Waals surface area contributed by atoms with E-state index in [1.807, 2.05) is 0 Å². The van der Waals surface area contributed by atoms with E-state index < -0.39 is 242 Å². The van der Waals surface area contributed by atoms with Crippen molar-refractivity contribution >= 4 is 70.9 Å². The summed E-state index contributed by atoms with van der Waals surface area (Å²) in [6, 6.07) is -11.6. The number of ether oxygens (including phenoxy) is 2. The highest BCUT2D eigenvalue weighted by Crippen LogP contribution is 2.46. The van der Waals surface area contributed by atoms with Crippen molar-refractivity contribution in [2.45, 2.75) is 298 Å². The summed E-state index contributed by atoms with van der Waals surface area (Å²) in [5, 5.41) is 8.50. The van der Waals surface area contributed by atoms with Crippen molar-refractivity contribution in [2.24, 2.45) is 41.4 Å². The molecule has 2 bridgehead atoms. The van der Waals surface area contributed by atoms with Crippen molar-refractivity contribution in [1.29, 1.82) is 0 Å². The summed E-state index contributed by atoms with van der Waals surface area (Å²) in [5.41, 5.74) is -1.72. The van der Waals surface area contributed by atoms with Crippen LogP contribution in [0.25, 0.3) is 0 Å². The van der Waals surface area contributed by atoms with Crippen LogP contribution in [-0.4, -0.2) is 307 Å². The van der Waals surface area contributed by atoms with Gasteiger partial charge in [0.05, 0.1) is 44.7 Å². The molecule has 1 spiro atoms. The zero-order valence-corrected chi connectivity index (χ0v) is 69.0. The van der Waals surface area contributed by atoms with Gasteiger partial charge in [0.25, 0.3) is 0 Å². The summed E-state index contributed by atoms with van der Waals surface area (Å²) in [4.78, 5) is 196. The number of carbonyl (C=O) groups excluding carboxylic acids is 12. The first-order valence-corrected chi connectivity index (χ1v) is 42.5. The van der Waals surface area contributed by atoms with Gasteiger partial charge in [-0.1, -0.05) is 58.8 Å². The smallest absolute Gasteiger partial charge is 0.378 e. The van der Waals surface area contributed by atoms with E-state index in [9.17, 15) is 35.9 Å². The molecule has 26 nitrogen and oxygen atoms in total. The molecule has 0 radical (unpaired) electrons. The maximum atomic E-state index is 16.1. The summed E-state index contributed by atoms with van der Waals surface area (Å²) in [6.45, 7) is 5.12. The average Bonchev–Trinajstić information content (AvgIpc) is 0.938. The molecule has 9 fully saturated rings. The van der Waals surface area contributed by atoms with Gasteiger partial charge in [0, 0.05) is 81.0 Å². The predicted octanol–water partition coefficient (Wildman–Crippen LogP) is 7.61. The van der Waals surface area contributed by atoms with Crippen molar-refractivity contribution in [3.05, 3.63) is 0 Å². The van der Waals surface area contributed by atoms with Gasteiger partial charge < -0.3 is 69.5 Å². The standard InChI is InChI=1S/C81H125F9N12O14/c1-10-48(4)68-76(112)95(6)47-66(105)96(7)59-24-14-13-17-33-101(75(59)111)62(41-49-25-28-53(29-26-49)80(85,86)87)73(109)94(5)46-64(103)91-58(30-27-51-39-56(83)67(57(84)40-51)81(88,89)90)72(108)102-45-55(116-12-3)43-61(102)71(107)93-79(31-19-32-79)78(114)98(9)69(52-21-15-16-22-52)77(113)100(11-2)63(74(110)99-34-36-115-37-35-99)44-65(104)97(8)60(70(106)92-68)42-50-20-18-23-54(82)38-50/h48-63,67-69H,10-47H2,1-9H3,(H,91,103)(H,92,106)(H,93,107)/t48-,49?,50?,51?,53?,54?,55+,56?,57?,58-,59-,60-,61-,62-,63-,67?,68-,69-/m0/s1. The van der Waals surface area contributed by atoms with Crippen LogP contribution in [0.15, 0.2) is 0 Å². The maximum Gasteiger partial charge on any atom is 0.397 e. The Morgan fingerprint density at radius 1 is 0.578 bits per heavy atom. The van der Waals surface area contributed by atoms with Gasteiger partial charge in [0.15, 0.2) is 0 Å². The van der Waals surface area contributed by atoms with E-state index in [0.29, 0.717) is 70.6 Å². The van der Waals surface area contributed by atoms with Gasteiger partial charge in [-0.15, -0.1) is 0 Å². The zero-order chi connectivity index (χ0) is 85.0. The lowest BCUT2D eigenvalue weighted by Gasteiger charge is -2.47. The number of morpholine rings is 1. The summed E-state index contributed by atoms with van der Waals surface area (Å²) in [5.74, 6) is -17.4. The first-order chi connectivity index (χ1) is 54.8. The monoisotopic (exact) mass is 1660 g/mol. The van der Waals surface area contributed by atoms with E-state index in [1.54, 1.807) is 27.7 Å². The highest BCUT2D eigenvalue weighted by Gasteiger charge is 2.57. The lowest BCUT2D eigenvalue weighted by atomic mass is 9.74. The molecule has 4 saturated heterocycles. The summed E-state index contributed by atoms with van der Waals surface area (Å²) >= 11 is 0. The molecule has 0 aromatic rings. The maximum absolute atomic E-state index is 16.1. The number of halogens is 9. The molecule has 9 aliphatic rings. The normalized spacial score (nSPS) is 33.3. The van der Waals surface area contributed by atoms with E-state index in [-0.39, 0.29) is 136 Å². The van der Waals surface area contributed by atoms with E-state index in [0.717, 1.165) is 24.5 Å². The van der Waals surface area contributed by atoms with Crippen LogP contribution in [0.2, 0.25) is 0 Å². The van der Waals surface area contributed by atoms with Crippen LogP contribution < -0.4 is 16.0 Å². The topological polar surface area (TPSA) is 289 Å². The molecule has 12 amide bonds. The summed E-state index contributed by atoms with van der Waals surface area (Å²) in [7, 11) is 6.69. The number of likely N-dealkylation sites (N-methyl/N-ethyl adjacent to an activating group) is 6. The first-order valence-electron chi connectivity index (χ1n) is 42.5. The second kappa shape index (κ2) is 40.8. The fourth-order valence-electron chi connectivity index (χ4n) is 19.6. The largest absolute Gasteiger partial charge is 0.397 e. The molecule has 0 aromatic carbocycles. The Morgan fingerprint density at radius 2 is 1.22 bits per heavy atom. The van der Waals surface area contributed by atoms with Crippen LogP contribution in [-0.2, 0) is 67.0 Å². The highest BCUT2D eigenvalue weighted by molar-refractivity contribution is 6.01. The van der Waals surface area contributed by atoms with Crippen LogP contribution in [0.3, 0.4) is 0 Å². The molecule has 4 unspecified atom stereocenters. The van der Waals surface area contributed by atoms with Gasteiger partial charge in [0.2, 0.25) is 70.9 Å². The minimum atomic E-state index is -5.22. The van der Waals surface area contributed by atoms with E-state index in [2.05, 4.69) is 16.0 Å². The third-order valence-corrected chi connectivity index (χ3v) is 26.9. The fraction of sp³-hybridized carbons (Fsp3) is 0.852. The fourth-order valence-corrected chi connectivity index (χ4v) is 19.6. The van der Waals surface area contributed by atoms with Gasteiger partial charge in [-0.25, -0.2) is 13.2 Å². The molecule has 4 aliphatic heterocycles. The molecule has 5 aliphatic carbocycles. The third-order valence-electron chi connectivity index (χ3n) is 26.9. The van der Waals surface area contributed by atoms with Gasteiger partial charge in [-0.2, -0.15) is 26.3 Å². The van der Waals surface area contributed by atoms with Crippen molar-refractivity contribution in [2.75, 3.05) is 101 Å². The number of nitrogens with one attached hydrogen (secondary N) is 3. The third kappa shape index (κ3) is 22.5. The van der Waals surface area contributed by atoms with E-state index in [1.165, 1.54) is 54.8 Å². The number of rotatable bonds is 14. The Balaban J connectivity index is 1.13. The average molecular weight is 1660 g/mol. The van der Waals surface area contributed by atoms with Crippen molar-refractivity contribution in [3.63, 3.8) is 0 Å². The predicted molar refractivity (Wildman–Crippen MR) is 407 cm³/mol. The molecule has 3 N–H and O–H groups in total. The molecule has 9 rings (SSSR count). The first kappa shape index (κ1) is 92.8. The van der Waals surface area contributed by atoms with Crippen LogP contribution in [0.5, 0.6) is 0 Å². The van der Waals surface area contributed by atoms with Gasteiger partial charge >= 0.3 is 12.4 Å². The van der Waals surface area contributed by atoms with Crippen molar-refractivity contribution in [1.82, 2.24) is 60.0 Å². The van der Waals surface area contributed by atoms with Crippen molar-refractivity contribution < 1.29 is 107 Å². The van der Waals surface area contributed by atoms with Crippen molar-refractivity contribution in [3.8, 4) is 0 Å². The van der Waals surface area contributed by atoms with E-state index >= 15 is 61.1 Å². The number of hydrogen-bond donors (Lipinski definition) is 3. The zero-order valence-electron chi connectivity index (χ0n) is 69.0. The van der Waals surface area contributed by atoms with Gasteiger partial charge in [-0.3, -0.25) is 57.5 Å². The Kier molecular flexibility index (Phi) is 32.6. The molecule has 116 heavy (non-hydrogen) atoms. The number of hydrogen-bond acceptors (Lipinski definition) is 14. The van der Waals surface area contributed by atoms with Crippen LogP contribution >= 0.6 is 0 Å². The Hall–Kier alpha value is -7.07. The SMILES string of the molecule is CCO[C@@H]1C[C@H]2C(=O)NC3(CCC3)C(=O)N(C)[C@@H](C3CCCC3)C(=O)N(CC)[C@H](C(=O)N3CCOCC3)CC(=O)N(C)[C@@H](CC3CCCC(F)C3)C(=O)N[C@@H]([C@@H](C)CC)C(=O)N(C)CC(=O)N(C)[C@H]3CCCCCN(C3=O)[C@@H](CC3CCC(C(F)(F)F)CC3)C(=O)N(C)CC(=O)N[C@@H](CCC3CC(F)C(C(F)(F)F)C(F)C3)C(=O)N2C1. The Bertz CT molecular complexity index is 3420. The second-order valence-corrected chi connectivity index (χ2v) is 34.6. The van der Waals surface area contributed by atoms with Gasteiger partial charge in [0.1, 0.15) is 78.3 Å². The molecule has 4 heterocycles. The summed E-state index contributed by atoms with van der Waals surface area (Å²) < 4.78 is 143. The Morgan fingerprint density at radius 3 is 1.81 bits per heavy atom. The molecule has 5 saturated carbocycles. The van der Waals surface area contributed by atoms with Crippen LogP contribution in [0, 0.1) is 41.4 Å². The highest BCUT2D eigenvalue weighted by atomic mass is 19.4. The molecule has 0 aromatic heterocycles.